The average molecular weight is 585 g/mol. The molecular formula is C28H31F3N8O3. The van der Waals surface area contributed by atoms with Crippen molar-refractivity contribution in [1.82, 2.24) is 24.5 Å². The maximum atomic E-state index is 13.0. The van der Waals surface area contributed by atoms with Crippen molar-refractivity contribution in [2.45, 2.75) is 45.4 Å². The monoisotopic (exact) mass is 584 g/mol. The number of aromatic nitrogens is 4. The summed E-state index contributed by atoms with van der Waals surface area (Å²) in [6.45, 7) is 6.52. The zero-order valence-corrected chi connectivity index (χ0v) is 23.3. The van der Waals surface area contributed by atoms with Crippen LogP contribution >= 0.6 is 0 Å². The highest BCUT2D eigenvalue weighted by atomic mass is 19.4. The number of hydrogen-bond acceptors (Lipinski definition) is 8. The minimum Gasteiger partial charge on any atom is -0.382 e. The molecule has 42 heavy (non-hydrogen) atoms. The predicted molar refractivity (Wildman–Crippen MR) is 151 cm³/mol. The van der Waals surface area contributed by atoms with Gasteiger partial charge in [-0.25, -0.2) is 19.3 Å². The molecule has 3 aromatic heterocycles. The van der Waals surface area contributed by atoms with E-state index in [1.807, 2.05) is 26.0 Å². The molecule has 4 heterocycles. The van der Waals surface area contributed by atoms with Gasteiger partial charge in [0.15, 0.2) is 5.82 Å². The predicted octanol–water partition coefficient (Wildman–Crippen LogP) is 4.79. The summed E-state index contributed by atoms with van der Waals surface area (Å²) in [5.74, 6) is 0.0815. The molecule has 14 heteroatoms. The third-order valence-corrected chi connectivity index (χ3v) is 6.88. The van der Waals surface area contributed by atoms with E-state index >= 15 is 0 Å². The van der Waals surface area contributed by atoms with E-state index in [1.165, 1.54) is 6.33 Å². The second-order valence-electron chi connectivity index (χ2n) is 10.2. The van der Waals surface area contributed by atoms with Crippen LogP contribution in [0.3, 0.4) is 0 Å². The Morgan fingerprint density at radius 1 is 1.12 bits per heavy atom. The summed E-state index contributed by atoms with van der Waals surface area (Å²) in [6, 6.07) is 7.83. The Bertz CT molecular complexity index is 1570. The number of carbonyl (C=O) groups excluding carboxylic acids is 1. The van der Waals surface area contributed by atoms with Crippen molar-refractivity contribution in [2.75, 3.05) is 36.6 Å². The van der Waals surface area contributed by atoms with Crippen LogP contribution in [-0.2, 0) is 28.8 Å². The summed E-state index contributed by atoms with van der Waals surface area (Å²) >= 11 is 0. The molecule has 1 aliphatic rings. The molecule has 1 fully saturated rings. The largest absolute Gasteiger partial charge is 0.416 e. The van der Waals surface area contributed by atoms with Crippen molar-refractivity contribution in [1.29, 1.82) is 0 Å². The van der Waals surface area contributed by atoms with Gasteiger partial charge in [-0.2, -0.15) is 18.3 Å². The summed E-state index contributed by atoms with van der Waals surface area (Å²) in [5, 5.41) is 9.46. The Labute approximate surface area is 239 Å². The molecule has 0 bridgehead atoms. The maximum absolute atomic E-state index is 13.0. The van der Waals surface area contributed by atoms with Gasteiger partial charge in [-0.1, -0.05) is 12.1 Å². The van der Waals surface area contributed by atoms with Gasteiger partial charge in [0.1, 0.15) is 17.7 Å². The minimum absolute atomic E-state index is 0.0895. The first-order valence-electron chi connectivity index (χ1n) is 13.2. The Hall–Kier alpha value is -4.27. The van der Waals surface area contributed by atoms with Crippen LogP contribution in [0.25, 0.3) is 16.6 Å². The van der Waals surface area contributed by atoms with Gasteiger partial charge in [-0.15, -0.1) is 0 Å². The number of benzene rings is 1. The fourth-order valence-corrected chi connectivity index (χ4v) is 5.29. The number of methoxy groups -OCH3 is 1. The summed E-state index contributed by atoms with van der Waals surface area (Å²) in [4.78, 5) is 22.8. The number of fused-ring (bicyclic) bond motifs is 1. The van der Waals surface area contributed by atoms with Crippen LogP contribution in [0.2, 0.25) is 0 Å². The molecule has 2 amide bonds. The number of morpholine rings is 1. The summed E-state index contributed by atoms with van der Waals surface area (Å²) in [6.07, 6.45) is -1.97. The van der Waals surface area contributed by atoms with Gasteiger partial charge in [-0.05, 0) is 43.7 Å². The number of alkyl halides is 3. The van der Waals surface area contributed by atoms with Gasteiger partial charge in [0.2, 0.25) is 0 Å². The highest BCUT2D eigenvalue weighted by molar-refractivity contribution is 5.99. The highest BCUT2D eigenvalue weighted by Crippen LogP contribution is 2.37. The standard InChI is InChI=1S/C28H31F3N8O3/c1-16-11-38(12-17(2)42-16)13-22-21(14-41-3)24(25-26(32)34-15-35-39(22)25)18-4-6-20(7-5-18)36-27(40)37-23-10-19(8-9-33-23)28(29,30)31/h4-10,15-17H,11-14H2,1-3H3,(H2,32,34,35)(H2,33,36,37,40). The number of amides is 2. The molecule has 2 unspecified atom stereocenters. The molecule has 1 saturated heterocycles. The van der Waals surface area contributed by atoms with E-state index < -0.39 is 17.8 Å². The van der Waals surface area contributed by atoms with Crippen LogP contribution in [0.4, 0.5) is 35.3 Å². The normalized spacial score (nSPS) is 17.9. The van der Waals surface area contributed by atoms with Gasteiger partial charge in [0, 0.05) is 49.8 Å². The maximum Gasteiger partial charge on any atom is 0.416 e. The molecule has 0 radical (unpaired) electrons. The second kappa shape index (κ2) is 11.9. The molecule has 4 N–H and O–H groups in total. The molecule has 0 aliphatic carbocycles. The van der Waals surface area contributed by atoms with Crippen LogP contribution in [0.5, 0.6) is 0 Å². The molecule has 11 nitrogen and oxygen atoms in total. The molecule has 5 rings (SSSR count). The number of nitrogen functional groups attached to an aromatic ring is 1. The zero-order chi connectivity index (χ0) is 30.0. The first-order chi connectivity index (χ1) is 20.0. The Morgan fingerprint density at radius 3 is 2.50 bits per heavy atom. The lowest BCUT2D eigenvalue weighted by molar-refractivity contribution is -0.137. The molecular weight excluding hydrogens is 553 g/mol. The van der Waals surface area contributed by atoms with Gasteiger partial charge < -0.3 is 20.5 Å². The van der Waals surface area contributed by atoms with Crippen molar-refractivity contribution >= 4 is 28.9 Å². The summed E-state index contributed by atoms with van der Waals surface area (Å²) in [5.41, 5.74) is 9.95. The van der Waals surface area contributed by atoms with Crippen molar-refractivity contribution in [2.24, 2.45) is 0 Å². The molecule has 4 aromatic rings. The van der Waals surface area contributed by atoms with Crippen LogP contribution in [-0.4, -0.2) is 62.9 Å². The van der Waals surface area contributed by atoms with E-state index in [9.17, 15) is 18.0 Å². The fraction of sp³-hybridized carbons (Fsp3) is 0.357. The molecule has 1 aliphatic heterocycles. The average Bonchev–Trinajstić information content (AvgIpc) is 3.22. The number of pyridine rings is 1. The van der Waals surface area contributed by atoms with Crippen molar-refractivity contribution < 1.29 is 27.4 Å². The van der Waals surface area contributed by atoms with Gasteiger partial charge >= 0.3 is 12.2 Å². The highest BCUT2D eigenvalue weighted by Gasteiger charge is 2.31. The van der Waals surface area contributed by atoms with Gasteiger partial charge in [0.25, 0.3) is 0 Å². The zero-order valence-electron chi connectivity index (χ0n) is 23.3. The fourth-order valence-electron chi connectivity index (χ4n) is 5.29. The van der Waals surface area contributed by atoms with Crippen LogP contribution in [0.15, 0.2) is 48.9 Å². The molecule has 1 aromatic carbocycles. The minimum atomic E-state index is -4.55. The van der Waals surface area contributed by atoms with Gasteiger partial charge in [0.05, 0.1) is 30.1 Å². The number of urea groups is 1. The molecule has 0 saturated carbocycles. The SMILES string of the molecule is COCc1c(-c2ccc(NC(=O)Nc3cc(C(F)(F)F)ccn3)cc2)c2c(N)ncnn2c1CN1CC(C)OC(C)C1. The number of nitrogens with zero attached hydrogens (tertiary/aromatic N) is 5. The molecule has 0 spiro atoms. The third kappa shape index (κ3) is 6.30. The topological polar surface area (TPSA) is 132 Å². The van der Waals surface area contributed by atoms with Crippen molar-refractivity contribution in [3.05, 3.63) is 65.7 Å². The number of nitrogens with one attached hydrogen (secondary N) is 2. The van der Waals surface area contributed by atoms with Crippen molar-refractivity contribution in [3.8, 4) is 11.1 Å². The van der Waals surface area contributed by atoms with Crippen LogP contribution < -0.4 is 16.4 Å². The number of hydrogen-bond donors (Lipinski definition) is 3. The van der Waals surface area contributed by atoms with Crippen LogP contribution in [0.1, 0.15) is 30.7 Å². The van der Waals surface area contributed by atoms with E-state index in [4.69, 9.17) is 15.2 Å². The number of ether oxygens (including phenoxy) is 2. The summed E-state index contributed by atoms with van der Waals surface area (Å²) < 4.78 is 52.3. The number of halogens is 3. The lowest BCUT2D eigenvalue weighted by Gasteiger charge is -2.35. The number of rotatable bonds is 7. The van der Waals surface area contributed by atoms with E-state index in [1.54, 1.807) is 23.8 Å². The second-order valence-corrected chi connectivity index (χ2v) is 10.2. The van der Waals surface area contributed by atoms with Crippen molar-refractivity contribution in [3.63, 3.8) is 0 Å². The summed E-state index contributed by atoms with van der Waals surface area (Å²) in [7, 11) is 1.62. The lowest BCUT2D eigenvalue weighted by Crippen LogP contribution is -2.45. The Kier molecular flexibility index (Phi) is 8.29. The first kappa shape index (κ1) is 29.2. The van der Waals surface area contributed by atoms with Crippen LogP contribution in [0, 0.1) is 0 Å². The Morgan fingerprint density at radius 2 is 1.83 bits per heavy atom. The Balaban J connectivity index is 1.42. The third-order valence-electron chi connectivity index (χ3n) is 6.88. The first-order valence-corrected chi connectivity index (χ1v) is 13.2. The lowest BCUT2D eigenvalue weighted by atomic mass is 10.0. The van der Waals surface area contributed by atoms with E-state index in [0.29, 0.717) is 30.2 Å². The van der Waals surface area contributed by atoms with E-state index in [0.717, 1.165) is 53.8 Å². The number of anilines is 3. The number of nitrogens with two attached hydrogens (primary N) is 1. The molecule has 222 valence electrons. The smallest absolute Gasteiger partial charge is 0.382 e. The van der Waals surface area contributed by atoms with E-state index in [2.05, 4.69) is 30.6 Å². The number of carbonyl (C=O) groups is 1. The van der Waals surface area contributed by atoms with E-state index in [-0.39, 0.29) is 18.0 Å². The molecule has 2 atom stereocenters. The van der Waals surface area contributed by atoms with Gasteiger partial charge in [-0.3, -0.25) is 10.2 Å². The quantitative estimate of drug-likeness (QED) is 0.283.